The zero-order chi connectivity index (χ0) is 12.8. The summed E-state index contributed by atoms with van der Waals surface area (Å²) in [5.74, 6) is -0.0341. The van der Waals surface area contributed by atoms with Crippen LogP contribution in [0.15, 0.2) is 5.38 Å². The molecule has 0 aromatic carbocycles. The first-order valence-electron chi connectivity index (χ1n) is 6.33. The second kappa shape index (κ2) is 10.3. The molecule has 2 N–H and O–H groups in total. The Balaban J connectivity index is 0.00000180. The number of halogens is 2. The molecule has 1 fully saturated rings. The summed E-state index contributed by atoms with van der Waals surface area (Å²) in [5, 5.41) is 9.24. The number of amides is 1. The molecule has 2 rings (SSSR count). The zero-order valence-corrected chi connectivity index (χ0v) is 13.8. The van der Waals surface area contributed by atoms with Crippen LogP contribution in [0, 0.1) is 0 Å². The second-order valence-corrected chi connectivity index (χ2v) is 5.13. The smallest absolute Gasteiger partial charge is 0.250 e. The van der Waals surface area contributed by atoms with Crippen LogP contribution in [-0.4, -0.2) is 43.2 Å². The molecule has 1 atom stereocenters. The molecule has 5 nitrogen and oxygen atoms in total. The number of morpholine rings is 1. The highest BCUT2D eigenvalue weighted by atomic mass is 35.5. The van der Waals surface area contributed by atoms with Gasteiger partial charge in [0, 0.05) is 31.4 Å². The lowest BCUT2D eigenvalue weighted by atomic mass is 10.2. The summed E-state index contributed by atoms with van der Waals surface area (Å²) in [4.78, 5) is 16.2. The largest absolute Gasteiger partial charge is 0.366 e. The van der Waals surface area contributed by atoms with Gasteiger partial charge in [-0.3, -0.25) is 4.79 Å². The van der Waals surface area contributed by atoms with E-state index < -0.39 is 0 Å². The fourth-order valence-corrected chi connectivity index (χ4v) is 2.57. The SMILES string of the molecule is CCc1nc(CCNC(=O)C2CNCCO2)cs1.Cl.Cl. The van der Waals surface area contributed by atoms with E-state index in [0.29, 0.717) is 19.7 Å². The van der Waals surface area contributed by atoms with Gasteiger partial charge >= 0.3 is 0 Å². The number of aromatic nitrogens is 1. The molecule has 2 heterocycles. The molecule has 8 heteroatoms. The van der Waals surface area contributed by atoms with E-state index in [9.17, 15) is 4.79 Å². The van der Waals surface area contributed by atoms with Gasteiger partial charge in [-0.25, -0.2) is 4.98 Å². The summed E-state index contributed by atoms with van der Waals surface area (Å²) in [6.07, 6.45) is 1.40. The number of ether oxygens (including phenoxy) is 1. The molecule has 0 radical (unpaired) electrons. The van der Waals surface area contributed by atoms with E-state index in [4.69, 9.17) is 4.74 Å². The van der Waals surface area contributed by atoms with Crippen molar-refractivity contribution in [3.63, 3.8) is 0 Å². The number of hydrogen-bond acceptors (Lipinski definition) is 5. The van der Waals surface area contributed by atoms with E-state index in [2.05, 4.69) is 27.9 Å². The third-order valence-electron chi connectivity index (χ3n) is 2.80. The summed E-state index contributed by atoms with van der Waals surface area (Å²) >= 11 is 1.68. The van der Waals surface area contributed by atoms with Gasteiger partial charge in [0.2, 0.25) is 5.91 Å². The van der Waals surface area contributed by atoms with Crippen molar-refractivity contribution in [3.8, 4) is 0 Å². The van der Waals surface area contributed by atoms with E-state index >= 15 is 0 Å². The average molecular weight is 342 g/mol. The van der Waals surface area contributed by atoms with Crippen molar-refractivity contribution >= 4 is 42.1 Å². The normalized spacial score (nSPS) is 17.8. The van der Waals surface area contributed by atoms with Crippen molar-refractivity contribution in [1.29, 1.82) is 0 Å². The number of carbonyl (C=O) groups excluding carboxylic acids is 1. The van der Waals surface area contributed by atoms with Crippen LogP contribution < -0.4 is 10.6 Å². The van der Waals surface area contributed by atoms with Gasteiger partial charge in [-0.1, -0.05) is 6.92 Å². The molecule has 20 heavy (non-hydrogen) atoms. The van der Waals surface area contributed by atoms with E-state index in [1.165, 1.54) is 0 Å². The standard InChI is InChI=1S/C12H19N3O2S.2ClH/c1-2-11-15-9(8-18-11)3-4-14-12(16)10-7-13-5-6-17-10;;/h8,10,13H,2-7H2,1H3,(H,14,16);2*1H. The minimum Gasteiger partial charge on any atom is -0.366 e. The summed E-state index contributed by atoms with van der Waals surface area (Å²) in [6.45, 7) is 4.73. The van der Waals surface area contributed by atoms with Gasteiger partial charge in [0.05, 0.1) is 17.3 Å². The van der Waals surface area contributed by atoms with Gasteiger partial charge in [0.1, 0.15) is 6.10 Å². The Hall–Kier alpha value is -0.400. The minimum absolute atomic E-state index is 0. The summed E-state index contributed by atoms with van der Waals surface area (Å²) in [6, 6.07) is 0. The molecule has 116 valence electrons. The average Bonchev–Trinajstić information content (AvgIpc) is 2.87. The molecule has 1 saturated heterocycles. The Morgan fingerprint density at radius 2 is 2.40 bits per heavy atom. The molecule has 1 amide bonds. The van der Waals surface area contributed by atoms with Gasteiger partial charge in [-0.05, 0) is 6.42 Å². The number of nitrogens with one attached hydrogen (secondary N) is 2. The van der Waals surface area contributed by atoms with Crippen LogP contribution in [0.5, 0.6) is 0 Å². The molecule has 1 aromatic rings. The van der Waals surface area contributed by atoms with Crippen molar-refractivity contribution in [2.24, 2.45) is 0 Å². The fourth-order valence-electron chi connectivity index (χ4n) is 1.79. The van der Waals surface area contributed by atoms with Gasteiger partial charge in [-0.2, -0.15) is 0 Å². The van der Waals surface area contributed by atoms with E-state index in [-0.39, 0.29) is 36.8 Å². The van der Waals surface area contributed by atoms with Crippen LogP contribution in [0.25, 0.3) is 0 Å². The highest BCUT2D eigenvalue weighted by molar-refractivity contribution is 7.09. The third kappa shape index (κ3) is 5.93. The number of nitrogens with zero attached hydrogens (tertiary/aromatic N) is 1. The van der Waals surface area contributed by atoms with Crippen molar-refractivity contribution in [2.75, 3.05) is 26.2 Å². The minimum atomic E-state index is -0.347. The van der Waals surface area contributed by atoms with E-state index in [0.717, 1.165) is 30.1 Å². The Morgan fingerprint density at radius 3 is 3.00 bits per heavy atom. The molecular weight excluding hydrogens is 321 g/mol. The van der Waals surface area contributed by atoms with Gasteiger partial charge < -0.3 is 15.4 Å². The molecule has 0 saturated carbocycles. The summed E-state index contributed by atoms with van der Waals surface area (Å²) in [5.41, 5.74) is 1.06. The maximum absolute atomic E-state index is 11.8. The van der Waals surface area contributed by atoms with Crippen LogP contribution in [0.4, 0.5) is 0 Å². The predicted molar refractivity (Wildman–Crippen MR) is 85.3 cm³/mol. The molecule has 0 aliphatic carbocycles. The highest BCUT2D eigenvalue weighted by Crippen LogP contribution is 2.10. The Kier molecular flexibility index (Phi) is 10.1. The number of thiazole rings is 1. The van der Waals surface area contributed by atoms with Crippen LogP contribution in [0.2, 0.25) is 0 Å². The highest BCUT2D eigenvalue weighted by Gasteiger charge is 2.20. The topological polar surface area (TPSA) is 63.2 Å². The first-order valence-corrected chi connectivity index (χ1v) is 7.21. The van der Waals surface area contributed by atoms with E-state index in [1.54, 1.807) is 11.3 Å². The number of hydrogen-bond donors (Lipinski definition) is 2. The molecule has 1 aliphatic rings. The van der Waals surface area contributed by atoms with Crippen molar-refractivity contribution in [2.45, 2.75) is 25.9 Å². The zero-order valence-electron chi connectivity index (χ0n) is 11.4. The lowest BCUT2D eigenvalue weighted by molar-refractivity contribution is -0.134. The maximum atomic E-state index is 11.8. The van der Waals surface area contributed by atoms with E-state index in [1.807, 2.05) is 0 Å². The van der Waals surface area contributed by atoms with Crippen molar-refractivity contribution in [3.05, 3.63) is 16.1 Å². The number of rotatable bonds is 5. The quantitative estimate of drug-likeness (QED) is 0.844. The van der Waals surface area contributed by atoms with Gasteiger partial charge in [0.15, 0.2) is 0 Å². The summed E-state index contributed by atoms with van der Waals surface area (Å²) in [7, 11) is 0. The first-order chi connectivity index (χ1) is 8.79. The first kappa shape index (κ1) is 19.6. The Bertz CT molecular complexity index is 398. The van der Waals surface area contributed by atoms with Crippen LogP contribution in [-0.2, 0) is 22.4 Å². The fraction of sp³-hybridized carbons (Fsp3) is 0.667. The monoisotopic (exact) mass is 341 g/mol. The third-order valence-corrected chi connectivity index (χ3v) is 3.84. The maximum Gasteiger partial charge on any atom is 0.250 e. The molecule has 1 unspecified atom stereocenters. The van der Waals surface area contributed by atoms with Crippen LogP contribution in [0.1, 0.15) is 17.6 Å². The van der Waals surface area contributed by atoms with Crippen LogP contribution in [0.3, 0.4) is 0 Å². The van der Waals surface area contributed by atoms with Crippen molar-refractivity contribution in [1.82, 2.24) is 15.6 Å². The molecular formula is C12H21Cl2N3O2S. The lowest BCUT2D eigenvalue weighted by Crippen LogP contribution is -2.48. The summed E-state index contributed by atoms with van der Waals surface area (Å²) < 4.78 is 5.38. The Morgan fingerprint density at radius 1 is 1.60 bits per heavy atom. The predicted octanol–water partition coefficient (Wildman–Crippen LogP) is 1.20. The molecule has 1 aromatic heterocycles. The molecule has 1 aliphatic heterocycles. The number of aryl methyl sites for hydroxylation is 1. The van der Waals surface area contributed by atoms with Gasteiger partial charge in [-0.15, -0.1) is 36.2 Å². The Labute approximate surface area is 135 Å². The lowest BCUT2D eigenvalue weighted by Gasteiger charge is -2.22. The van der Waals surface area contributed by atoms with Gasteiger partial charge in [0.25, 0.3) is 0 Å². The van der Waals surface area contributed by atoms with Crippen molar-refractivity contribution < 1.29 is 9.53 Å². The molecule has 0 spiro atoms. The number of carbonyl (C=O) groups is 1. The molecule has 0 bridgehead atoms. The van der Waals surface area contributed by atoms with Crippen LogP contribution >= 0.6 is 36.2 Å². The second-order valence-electron chi connectivity index (χ2n) is 4.19.